The van der Waals surface area contributed by atoms with Crippen LogP contribution >= 0.6 is 39.3 Å². The van der Waals surface area contributed by atoms with E-state index < -0.39 is 4.16 Å². The molecule has 5 heteroatoms. The van der Waals surface area contributed by atoms with Crippen molar-refractivity contribution in [3.05, 3.63) is 29.3 Å². The van der Waals surface area contributed by atoms with Gasteiger partial charge in [0.1, 0.15) is 0 Å². The maximum atomic E-state index is 12.4. The lowest BCUT2D eigenvalue weighted by atomic mass is 10.4. The zero-order chi connectivity index (χ0) is 9.19. The molecule has 0 spiro atoms. The van der Waals surface area contributed by atoms with Gasteiger partial charge in [-0.3, -0.25) is 0 Å². The van der Waals surface area contributed by atoms with Gasteiger partial charge in [-0.05, 0) is 36.0 Å². The fourth-order valence-corrected chi connectivity index (χ4v) is 1.86. The Hall–Kier alpha value is 0.200. The highest BCUT2D eigenvalue weighted by Crippen LogP contribution is 2.40. The van der Waals surface area contributed by atoms with E-state index in [9.17, 15) is 8.78 Å². The smallest absolute Gasteiger partial charge is 0.182 e. The van der Waals surface area contributed by atoms with Crippen LogP contribution in [0.15, 0.2) is 29.2 Å². The normalized spacial score (nSPS) is 11.7. The summed E-state index contributed by atoms with van der Waals surface area (Å²) in [5.74, 6) is 0. The van der Waals surface area contributed by atoms with E-state index in [4.69, 9.17) is 11.6 Å². The van der Waals surface area contributed by atoms with Crippen molar-refractivity contribution in [3.8, 4) is 0 Å². The largest absolute Gasteiger partial charge is 0.353 e. The molecule has 1 aromatic rings. The summed E-state index contributed by atoms with van der Waals surface area (Å²) in [6.07, 6.45) is 0. The van der Waals surface area contributed by atoms with Gasteiger partial charge in [0.2, 0.25) is 0 Å². The lowest BCUT2D eigenvalue weighted by molar-refractivity contribution is 0.221. The van der Waals surface area contributed by atoms with Crippen molar-refractivity contribution < 1.29 is 8.78 Å². The first-order chi connectivity index (χ1) is 5.47. The summed E-state index contributed by atoms with van der Waals surface area (Å²) in [5, 5.41) is 0.539. The maximum absolute atomic E-state index is 12.4. The Morgan fingerprint density at radius 2 is 1.75 bits per heavy atom. The number of thioether (sulfide) groups is 1. The van der Waals surface area contributed by atoms with Gasteiger partial charge in [0.25, 0.3) is 0 Å². The first-order valence-electron chi connectivity index (χ1n) is 2.99. The summed E-state index contributed by atoms with van der Waals surface area (Å²) in [6.45, 7) is 0. The topological polar surface area (TPSA) is 0 Å². The molecule has 0 saturated carbocycles. The number of benzene rings is 1. The van der Waals surface area contributed by atoms with Crippen molar-refractivity contribution in [1.29, 1.82) is 0 Å². The second kappa shape index (κ2) is 3.94. The van der Waals surface area contributed by atoms with Crippen LogP contribution in [-0.2, 0) is 0 Å². The molecule has 0 amide bonds. The molecule has 0 heterocycles. The molecule has 1 aromatic carbocycles. The number of halogens is 4. The monoisotopic (exact) mass is 272 g/mol. The molecule has 0 N–H and O–H groups in total. The second-order valence-corrected chi connectivity index (χ2v) is 5.15. The zero-order valence-corrected chi connectivity index (χ0v) is 8.89. The fraction of sp³-hybridized carbons (Fsp3) is 0.143. The van der Waals surface area contributed by atoms with Crippen molar-refractivity contribution in [2.45, 2.75) is 9.06 Å². The van der Waals surface area contributed by atoms with Gasteiger partial charge in [-0.15, -0.1) is 0 Å². The van der Waals surface area contributed by atoms with E-state index in [0.717, 1.165) is 0 Å². The highest BCUT2D eigenvalue weighted by molar-refractivity contribution is 9.11. The van der Waals surface area contributed by atoms with Gasteiger partial charge in [-0.25, -0.2) is 0 Å². The molecule has 0 atom stereocenters. The molecule has 12 heavy (non-hydrogen) atoms. The Morgan fingerprint density at radius 3 is 2.17 bits per heavy atom. The molecule has 0 unspecified atom stereocenters. The van der Waals surface area contributed by atoms with Gasteiger partial charge >= 0.3 is 4.16 Å². The summed E-state index contributed by atoms with van der Waals surface area (Å²) in [6, 6.07) is 6.23. The molecule has 0 bridgehead atoms. The minimum Gasteiger partial charge on any atom is -0.182 e. The van der Waals surface area contributed by atoms with Gasteiger partial charge in [0.15, 0.2) is 0 Å². The molecule has 0 fully saturated rings. The van der Waals surface area contributed by atoms with Crippen LogP contribution in [0.4, 0.5) is 8.78 Å². The van der Waals surface area contributed by atoms with Gasteiger partial charge in [0, 0.05) is 25.8 Å². The number of hydrogen-bond donors (Lipinski definition) is 0. The molecule has 1 rings (SSSR count). The van der Waals surface area contributed by atoms with Gasteiger partial charge < -0.3 is 0 Å². The Labute approximate surface area is 86.4 Å². The molecule has 66 valence electrons. The van der Waals surface area contributed by atoms with Crippen LogP contribution in [0.3, 0.4) is 0 Å². The van der Waals surface area contributed by atoms with Crippen molar-refractivity contribution in [2.75, 3.05) is 0 Å². The van der Waals surface area contributed by atoms with Crippen molar-refractivity contribution >= 4 is 39.3 Å². The number of alkyl halides is 3. The molecule has 0 nitrogen and oxygen atoms in total. The fourth-order valence-electron chi connectivity index (χ4n) is 0.636. The van der Waals surface area contributed by atoms with E-state index in [1.165, 1.54) is 0 Å². The second-order valence-electron chi connectivity index (χ2n) is 2.00. The average molecular weight is 274 g/mol. The molecule has 0 aliphatic carbocycles. The quantitative estimate of drug-likeness (QED) is 0.569. The van der Waals surface area contributed by atoms with Crippen molar-refractivity contribution in [1.82, 2.24) is 0 Å². The molecule has 0 aromatic heterocycles. The molecule has 0 radical (unpaired) electrons. The molecular formula is C7H4BrClF2S. The third-order valence-electron chi connectivity index (χ3n) is 1.05. The Kier molecular flexibility index (Phi) is 3.37. The van der Waals surface area contributed by atoms with Crippen LogP contribution in [-0.4, -0.2) is 4.16 Å². The minimum absolute atomic E-state index is 0.434. The number of hydrogen-bond acceptors (Lipinski definition) is 1. The SMILES string of the molecule is FC(F)(Br)Sc1ccc(Cl)cc1. The highest BCUT2D eigenvalue weighted by atomic mass is 79.9. The van der Waals surface area contributed by atoms with E-state index >= 15 is 0 Å². The zero-order valence-electron chi connectivity index (χ0n) is 5.73. The van der Waals surface area contributed by atoms with E-state index in [1.54, 1.807) is 24.3 Å². The molecular weight excluding hydrogens is 269 g/mol. The Morgan fingerprint density at radius 1 is 1.25 bits per heavy atom. The first kappa shape index (κ1) is 10.3. The first-order valence-corrected chi connectivity index (χ1v) is 4.97. The third kappa shape index (κ3) is 3.74. The molecule has 0 saturated heterocycles. The minimum atomic E-state index is -2.92. The summed E-state index contributed by atoms with van der Waals surface area (Å²) >= 11 is 8.24. The van der Waals surface area contributed by atoms with Crippen LogP contribution in [0.2, 0.25) is 5.02 Å². The van der Waals surface area contributed by atoms with E-state index in [0.29, 0.717) is 21.7 Å². The van der Waals surface area contributed by atoms with Crippen LogP contribution in [0.5, 0.6) is 0 Å². The average Bonchev–Trinajstić information content (AvgIpc) is 1.91. The predicted molar refractivity (Wildman–Crippen MR) is 51.2 cm³/mol. The van der Waals surface area contributed by atoms with Crippen LogP contribution in [0.25, 0.3) is 0 Å². The lowest BCUT2D eigenvalue weighted by Crippen LogP contribution is -1.95. The summed E-state index contributed by atoms with van der Waals surface area (Å²) in [7, 11) is 0. The van der Waals surface area contributed by atoms with Crippen LogP contribution in [0, 0.1) is 0 Å². The Bertz CT molecular complexity index is 257. The summed E-state index contributed by atoms with van der Waals surface area (Å²) < 4.78 is 21.8. The van der Waals surface area contributed by atoms with E-state index in [2.05, 4.69) is 15.9 Å². The van der Waals surface area contributed by atoms with Crippen LogP contribution in [0.1, 0.15) is 0 Å². The maximum Gasteiger partial charge on any atom is 0.353 e. The van der Waals surface area contributed by atoms with Crippen molar-refractivity contribution in [2.24, 2.45) is 0 Å². The van der Waals surface area contributed by atoms with Gasteiger partial charge in [0.05, 0.1) is 0 Å². The predicted octanol–water partition coefficient (Wildman–Crippen LogP) is 4.38. The third-order valence-corrected chi connectivity index (χ3v) is 2.52. The number of rotatable bonds is 2. The lowest BCUT2D eigenvalue weighted by Gasteiger charge is -2.06. The highest BCUT2D eigenvalue weighted by Gasteiger charge is 2.25. The van der Waals surface area contributed by atoms with E-state index in [1.807, 2.05) is 0 Å². The summed E-state index contributed by atoms with van der Waals surface area (Å²) in [4.78, 5) is 0.473. The van der Waals surface area contributed by atoms with Gasteiger partial charge in [-0.1, -0.05) is 11.6 Å². The molecule has 0 aliphatic heterocycles. The standard InChI is InChI=1S/C7H4BrClF2S/c8-7(10,11)12-6-3-1-5(9)2-4-6/h1-4H. The van der Waals surface area contributed by atoms with Crippen molar-refractivity contribution in [3.63, 3.8) is 0 Å². The van der Waals surface area contributed by atoms with Gasteiger partial charge in [-0.2, -0.15) is 8.78 Å². The summed E-state index contributed by atoms with van der Waals surface area (Å²) in [5.41, 5.74) is 0. The van der Waals surface area contributed by atoms with Crippen LogP contribution < -0.4 is 0 Å². The molecule has 0 aliphatic rings. The Balaban J connectivity index is 2.71. The van der Waals surface area contributed by atoms with E-state index in [-0.39, 0.29) is 0 Å².